The predicted octanol–water partition coefficient (Wildman–Crippen LogP) is 11.5. The molecule has 2 rings (SSSR count). The Balaban J connectivity index is 0.0000238. The Morgan fingerprint density at radius 1 is 0.681 bits per heavy atom. The van der Waals surface area contributed by atoms with E-state index in [0.29, 0.717) is 24.3 Å². The minimum absolute atomic E-state index is 0. The molecule has 0 N–H and O–H groups in total. The van der Waals surface area contributed by atoms with E-state index in [2.05, 4.69) is 13.8 Å². The normalized spacial score (nSPS) is 17.0. The number of hydroxylamine groups is 2. The van der Waals surface area contributed by atoms with Gasteiger partial charge >= 0.3 is 41.5 Å². The third-order valence-corrected chi connectivity index (χ3v) is 16.1. The van der Waals surface area contributed by atoms with E-state index >= 15 is 0 Å². The number of rotatable bonds is 43. The summed E-state index contributed by atoms with van der Waals surface area (Å²) in [5.41, 5.74) is 0.156. The number of phosphoric ester groups is 1. The Bertz CT molecular complexity index is 1560. The molecule has 12 nitrogen and oxygen atoms in total. The molecule has 0 fully saturated rings. The number of ether oxygens (including phenoxy) is 2. The van der Waals surface area contributed by atoms with Gasteiger partial charge < -0.3 is 28.3 Å². The van der Waals surface area contributed by atoms with Crippen LogP contribution >= 0.6 is 29.4 Å². The number of hydrogen-bond acceptors (Lipinski definition) is 13. The number of aliphatic imine (C=N–C) groups is 1. The van der Waals surface area contributed by atoms with Crippen molar-refractivity contribution in [1.29, 1.82) is 0 Å². The molecule has 1 radical (unpaired) electrons. The average Bonchev–Trinajstić information content (AvgIpc) is 3.53. The van der Waals surface area contributed by atoms with Gasteiger partial charge in [-0.1, -0.05) is 221 Å². The first-order chi connectivity index (χ1) is 32.7. The van der Waals surface area contributed by atoms with Crippen molar-refractivity contribution in [3.63, 3.8) is 0 Å². The van der Waals surface area contributed by atoms with E-state index in [0.717, 1.165) is 60.6 Å². The number of carbonyl (C=O) groups excluding carboxylic acids is 2. The van der Waals surface area contributed by atoms with E-state index in [1.54, 1.807) is 10.8 Å². The van der Waals surface area contributed by atoms with Crippen LogP contribution in [0.25, 0.3) is 0 Å². The number of esters is 2. The van der Waals surface area contributed by atoms with Gasteiger partial charge in [-0.15, -0.1) is 10.3 Å². The van der Waals surface area contributed by atoms with Gasteiger partial charge in [-0.25, -0.2) is 4.99 Å². The minimum atomic E-state index is -4.74. The summed E-state index contributed by atoms with van der Waals surface area (Å²) in [6.07, 6.45) is 31.2. The van der Waals surface area contributed by atoms with Gasteiger partial charge in [-0.2, -0.15) is 0 Å². The van der Waals surface area contributed by atoms with Crippen molar-refractivity contribution < 1.29 is 72.3 Å². The van der Waals surface area contributed by atoms with Crippen molar-refractivity contribution in [2.75, 3.05) is 39.7 Å². The number of likely N-dealkylation sites (N-methyl/N-ethyl adjacent to an activating group) is 1. The van der Waals surface area contributed by atoms with E-state index in [-0.39, 0.29) is 55.6 Å². The second-order valence-electron chi connectivity index (χ2n) is 19.5. The fourth-order valence-electron chi connectivity index (χ4n) is 8.79. The zero-order valence-corrected chi connectivity index (χ0v) is 49.2. The monoisotopic (exact) mass is 1030 g/mol. The van der Waals surface area contributed by atoms with Crippen LogP contribution in [0.3, 0.4) is 0 Å². The van der Waals surface area contributed by atoms with Crippen LogP contribution in [0.15, 0.2) is 29.3 Å². The van der Waals surface area contributed by atoms with Crippen molar-refractivity contribution >= 4 is 47.2 Å². The van der Waals surface area contributed by atoms with Gasteiger partial charge in [0.2, 0.25) is 0 Å². The molecule has 0 amide bonds. The van der Waals surface area contributed by atoms with E-state index in [1.165, 1.54) is 133 Å². The second-order valence-corrected chi connectivity index (χ2v) is 23.5. The SMILES string of the molecule is CCCCCCCCCCCCCCCC(=O)OC[C@@H](COP(=O)([O-])OCCSSCc1ccc(C2(CC)N=C(N(C)C)C(C)(C)N2[O])cc1)OC(=O)CCCCCCCCCCCCCCC.[Na+]. The summed E-state index contributed by atoms with van der Waals surface area (Å²) >= 11 is 0. The molecule has 1 aliphatic rings. The number of phosphoric acid groups is 1. The first-order valence-electron chi connectivity index (χ1n) is 26.8. The maximum absolute atomic E-state index is 13.6. The number of carbonyl (C=O) groups is 2. The number of amidine groups is 1. The zero-order valence-electron chi connectivity index (χ0n) is 44.7. The number of nitrogens with zero attached hydrogens (tertiary/aromatic N) is 3. The van der Waals surface area contributed by atoms with Crippen LogP contribution in [0.5, 0.6) is 0 Å². The van der Waals surface area contributed by atoms with Crippen LogP contribution in [0.2, 0.25) is 0 Å². The van der Waals surface area contributed by atoms with Crippen LogP contribution in [-0.4, -0.2) is 79.0 Å². The number of benzene rings is 1. The molecule has 393 valence electrons. The fraction of sp³-hybridized carbons (Fsp3) is 0.830. The van der Waals surface area contributed by atoms with E-state index < -0.39 is 43.7 Å². The molecule has 16 heteroatoms. The molecule has 0 aromatic heterocycles. The van der Waals surface area contributed by atoms with Crippen LogP contribution < -0.4 is 34.5 Å². The Morgan fingerprint density at radius 2 is 1.13 bits per heavy atom. The van der Waals surface area contributed by atoms with Gasteiger partial charge in [0.15, 0.2) is 11.8 Å². The number of unbranched alkanes of at least 4 members (excludes halogenated alkanes) is 24. The van der Waals surface area contributed by atoms with E-state index in [1.807, 2.05) is 64.0 Å². The van der Waals surface area contributed by atoms with Gasteiger partial charge in [0.1, 0.15) is 18.0 Å². The Labute approximate surface area is 450 Å². The fourth-order valence-corrected chi connectivity index (χ4v) is 11.5. The maximum atomic E-state index is 13.6. The first-order valence-corrected chi connectivity index (χ1v) is 30.7. The summed E-state index contributed by atoms with van der Waals surface area (Å²) in [7, 11) is 2.11. The average molecular weight is 1040 g/mol. The molecular formula is C53H94N3NaO9PS2. The molecular weight excluding hydrogens is 941 g/mol. The smallest absolute Gasteiger partial charge is 0.756 e. The van der Waals surface area contributed by atoms with Crippen molar-refractivity contribution in [2.24, 2.45) is 4.99 Å². The molecule has 1 aromatic rings. The second kappa shape index (κ2) is 39.8. The largest absolute Gasteiger partial charge is 1.00 e. The van der Waals surface area contributed by atoms with E-state index in [9.17, 15) is 24.3 Å². The summed E-state index contributed by atoms with van der Waals surface area (Å²) in [5.74, 6) is 0.926. The van der Waals surface area contributed by atoms with Crippen molar-refractivity contribution in [2.45, 2.75) is 244 Å². The van der Waals surface area contributed by atoms with Gasteiger partial charge in [0.25, 0.3) is 7.82 Å². The summed E-state index contributed by atoms with van der Waals surface area (Å²) in [6.45, 7) is 9.38. The third kappa shape index (κ3) is 28.6. The topological polar surface area (TPSA) is 150 Å². The molecule has 2 unspecified atom stereocenters. The Hall–Kier alpha value is -0.640. The molecule has 3 atom stereocenters. The molecule has 0 spiro atoms. The standard InChI is InChI=1S/C53H95N3O9PS2.Na/c1-8-11-13-15-17-19-21-23-25-27-29-31-33-35-49(57)62-43-48(65-50(58)36-34-32-30-28-26-24-22-20-18-16-14-12-9-2)44-64-66(60,61)63-41-42-67-68-45-46-37-39-47(40-38-46)53(10-3)54-51(55(6)7)52(4,5)56(53)59;/h37-40,48H,8-36,41-45H2,1-7H3,(H,60,61);/q;+1/p-1/t48-,53?;/m0./s1. The summed E-state index contributed by atoms with van der Waals surface area (Å²) in [5, 5.41) is 14.7. The molecule has 0 bridgehead atoms. The summed E-state index contributed by atoms with van der Waals surface area (Å²) in [6, 6.07) is 7.93. The molecule has 69 heavy (non-hydrogen) atoms. The van der Waals surface area contributed by atoms with Crippen LogP contribution in [-0.2, 0) is 49.3 Å². The van der Waals surface area contributed by atoms with Crippen molar-refractivity contribution in [3.8, 4) is 0 Å². The molecule has 0 saturated heterocycles. The molecule has 1 aromatic carbocycles. The van der Waals surface area contributed by atoms with Gasteiger partial charge in [0.05, 0.1) is 13.2 Å². The third-order valence-electron chi connectivity index (χ3n) is 12.9. The summed E-state index contributed by atoms with van der Waals surface area (Å²) in [4.78, 5) is 45.1. The molecule has 1 aliphatic heterocycles. The van der Waals surface area contributed by atoms with Crippen molar-refractivity contribution in [1.82, 2.24) is 9.96 Å². The maximum Gasteiger partial charge on any atom is 1.00 e. The number of hydrogen-bond donors (Lipinski definition) is 0. The van der Waals surface area contributed by atoms with Crippen LogP contribution in [0.4, 0.5) is 0 Å². The van der Waals surface area contributed by atoms with Gasteiger partial charge in [-0.05, 0) is 44.2 Å². The summed E-state index contributed by atoms with van der Waals surface area (Å²) < 4.78 is 34.2. The predicted molar refractivity (Wildman–Crippen MR) is 281 cm³/mol. The van der Waals surface area contributed by atoms with Crippen molar-refractivity contribution in [3.05, 3.63) is 35.4 Å². The van der Waals surface area contributed by atoms with Gasteiger partial charge in [0, 0.05) is 38.4 Å². The molecule has 0 saturated carbocycles. The first kappa shape index (κ1) is 66.4. The molecule has 1 heterocycles. The van der Waals surface area contributed by atoms with Crippen LogP contribution in [0.1, 0.15) is 232 Å². The minimum Gasteiger partial charge on any atom is -0.756 e. The zero-order chi connectivity index (χ0) is 49.9. The Kier molecular flexibility index (Phi) is 38.3. The quantitative estimate of drug-likeness (QED) is 0.0201. The van der Waals surface area contributed by atoms with E-state index in [4.69, 9.17) is 23.5 Å². The van der Waals surface area contributed by atoms with Crippen LogP contribution in [0, 0.1) is 0 Å². The molecule has 0 aliphatic carbocycles. The Morgan fingerprint density at radius 3 is 1.57 bits per heavy atom. The van der Waals surface area contributed by atoms with Gasteiger partial charge in [-0.3, -0.25) is 14.2 Å².